The van der Waals surface area contributed by atoms with Crippen LogP contribution in [0.3, 0.4) is 0 Å². The van der Waals surface area contributed by atoms with E-state index in [0.29, 0.717) is 5.54 Å². The number of hydrogen-bond acceptors (Lipinski definition) is 1. The summed E-state index contributed by atoms with van der Waals surface area (Å²) in [5.74, 6) is 0.787. The quantitative estimate of drug-likeness (QED) is 0.613. The normalized spacial score (nSPS) is 30.8. The van der Waals surface area contributed by atoms with E-state index in [2.05, 4.69) is 33.0 Å². The third-order valence-corrected chi connectivity index (χ3v) is 2.70. The summed E-state index contributed by atoms with van der Waals surface area (Å²) in [4.78, 5) is 0. The van der Waals surface area contributed by atoms with Crippen LogP contribution in [-0.2, 0) is 0 Å². The van der Waals surface area contributed by atoms with Gasteiger partial charge in [-0.3, -0.25) is 0 Å². The second-order valence-corrected chi connectivity index (χ2v) is 4.77. The first-order valence-electron chi connectivity index (χ1n) is 4.79. The molecule has 1 N–H and O–H groups in total. The number of hydrogen-bond donors (Lipinski definition) is 1. The molecule has 0 aromatic heterocycles. The zero-order valence-corrected chi connectivity index (χ0v) is 8.28. The summed E-state index contributed by atoms with van der Waals surface area (Å²) in [6.07, 6.45) is 4.08. The Balaban J connectivity index is 2.46. The van der Waals surface area contributed by atoms with Crippen LogP contribution in [0, 0.1) is 5.92 Å². The van der Waals surface area contributed by atoms with E-state index in [-0.39, 0.29) is 0 Å². The SMILES string of the molecule is CC(C)[C@H]1CCCC(C)(C)N1. The molecule has 1 rings (SSSR count). The summed E-state index contributed by atoms with van der Waals surface area (Å²) >= 11 is 0. The first kappa shape index (κ1) is 9.05. The van der Waals surface area contributed by atoms with Crippen molar-refractivity contribution in [3.8, 4) is 0 Å². The predicted octanol–water partition coefficient (Wildman–Crippen LogP) is 2.56. The van der Waals surface area contributed by atoms with E-state index in [0.717, 1.165) is 12.0 Å². The van der Waals surface area contributed by atoms with Gasteiger partial charge >= 0.3 is 0 Å². The van der Waals surface area contributed by atoms with Crippen LogP contribution in [0.25, 0.3) is 0 Å². The van der Waals surface area contributed by atoms with Crippen molar-refractivity contribution in [1.29, 1.82) is 0 Å². The van der Waals surface area contributed by atoms with Gasteiger partial charge in [0.1, 0.15) is 0 Å². The van der Waals surface area contributed by atoms with Gasteiger partial charge in [0.25, 0.3) is 0 Å². The average Bonchev–Trinajstić information content (AvgIpc) is 1.85. The summed E-state index contributed by atoms with van der Waals surface area (Å²) in [6.45, 7) is 9.22. The standard InChI is InChI=1S/C10H21N/c1-8(2)9-6-5-7-10(3,4)11-9/h8-9,11H,5-7H2,1-4H3/t9-/m1/s1. The van der Waals surface area contributed by atoms with Crippen LogP contribution in [0.5, 0.6) is 0 Å². The third kappa shape index (κ3) is 2.48. The minimum absolute atomic E-state index is 0.382. The fourth-order valence-electron chi connectivity index (χ4n) is 1.91. The monoisotopic (exact) mass is 155 g/mol. The van der Waals surface area contributed by atoms with E-state index in [1.807, 2.05) is 0 Å². The van der Waals surface area contributed by atoms with Crippen molar-refractivity contribution in [1.82, 2.24) is 5.32 Å². The Bertz CT molecular complexity index is 127. The summed E-state index contributed by atoms with van der Waals surface area (Å²) in [5, 5.41) is 3.69. The predicted molar refractivity (Wildman–Crippen MR) is 49.7 cm³/mol. The zero-order valence-electron chi connectivity index (χ0n) is 8.28. The molecule has 0 spiro atoms. The first-order valence-corrected chi connectivity index (χ1v) is 4.79. The molecule has 1 heterocycles. The van der Waals surface area contributed by atoms with Crippen LogP contribution in [0.4, 0.5) is 0 Å². The number of piperidine rings is 1. The van der Waals surface area contributed by atoms with Gasteiger partial charge in [0.15, 0.2) is 0 Å². The molecule has 0 bridgehead atoms. The van der Waals surface area contributed by atoms with Crippen LogP contribution in [0.2, 0.25) is 0 Å². The van der Waals surface area contributed by atoms with Gasteiger partial charge in [-0.15, -0.1) is 0 Å². The summed E-state index contributed by atoms with van der Waals surface area (Å²) < 4.78 is 0. The van der Waals surface area contributed by atoms with Crippen molar-refractivity contribution in [3.63, 3.8) is 0 Å². The second-order valence-electron chi connectivity index (χ2n) is 4.77. The highest BCUT2D eigenvalue weighted by Gasteiger charge is 2.27. The molecule has 11 heavy (non-hydrogen) atoms. The third-order valence-electron chi connectivity index (χ3n) is 2.70. The molecule has 66 valence electrons. The summed E-state index contributed by atoms with van der Waals surface area (Å²) in [7, 11) is 0. The van der Waals surface area contributed by atoms with Gasteiger partial charge in [-0.05, 0) is 32.6 Å². The maximum absolute atomic E-state index is 3.69. The van der Waals surface area contributed by atoms with Crippen molar-refractivity contribution in [2.45, 2.75) is 58.5 Å². The van der Waals surface area contributed by atoms with Gasteiger partial charge < -0.3 is 5.32 Å². The van der Waals surface area contributed by atoms with E-state index in [1.165, 1.54) is 19.3 Å². The van der Waals surface area contributed by atoms with Crippen LogP contribution in [0.15, 0.2) is 0 Å². The molecule has 1 aliphatic rings. The van der Waals surface area contributed by atoms with Crippen LogP contribution >= 0.6 is 0 Å². The molecule has 1 atom stereocenters. The van der Waals surface area contributed by atoms with Gasteiger partial charge in [0.2, 0.25) is 0 Å². The zero-order chi connectivity index (χ0) is 8.48. The molecule has 0 aromatic carbocycles. The highest BCUT2D eigenvalue weighted by atomic mass is 15.0. The molecular weight excluding hydrogens is 134 g/mol. The van der Waals surface area contributed by atoms with Gasteiger partial charge in [0, 0.05) is 11.6 Å². The highest BCUT2D eigenvalue weighted by Crippen LogP contribution is 2.24. The molecule has 0 aromatic rings. The largest absolute Gasteiger partial charge is 0.309 e. The van der Waals surface area contributed by atoms with Gasteiger partial charge in [0.05, 0.1) is 0 Å². The van der Waals surface area contributed by atoms with Crippen molar-refractivity contribution in [2.75, 3.05) is 0 Å². The minimum Gasteiger partial charge on any atom is -0.309 e. The van der Waals surface area contributed by atoms with E-state index in [4.69, 9.17) is 0 Å². The molecule has 0 amide bonds. The molecule has 1 fully saturated rings. The second kappa shape index (κ2) is 3.14. The Labute approximate surface area is 70.6 Å². The molecule has 0 saturated carbocycles. The molecule has 0 aliphatic carbocycles. The maximum Gasteiger partial charge on any atom is 0.0127 e. The van der Waals surface area contributed by atoms with Gasteiger partial charge in [-0.25, -0.2) is 0 Å². The molecular formula is C10H21N. The fraction of sp³-hybridized carbons (Fsp3) is 1.00. The fourth-order valence-corrected chi connectivity index (χ4v) is 1.91. The smallest absolute Gasteiger partial charge is 0.0127 e. The molecule has 1 aliphatic heterocycles. The van der Waals surface area contributed by atoms with Crippen LogP contribution in [0.1, 0.15) is 47.0 Å². The number of rotatable bonds is 1. The average molecular weight is 155 g/mol. The van der Waals surface area contributed by atoms with Crippen LogP contribution < -0.4 is 5.32 Å². The lowest BCUT2D eigenvalue weighted by atomic mass is 9.85. The van der Waals surface area contributed by atoms with Crippen LogP contribution in [-0.4, -0.2) is 11.6 Å². The maximum atomic E-state index is 3.69. The number of nitrogens with one attached hydrogen (secondary N) is 1. The molecule has 1 heteroatoms. The topological polar surface area (TPSA) is 12.0 Å². The lowest BCUT2D eigenvalue weighted by molar-refractivity contribution is 0.207. The van der Waals surface area contributed by atoms with Crippen molar-refractivity contribution >= 4 is 0 Å². The Morgan fingerprint density at radius 3 is 2.36 bits per heavy atom. The highest BCUT2D eigenvalue weighted by molar-refractivity contribution is 4.88. The Morgan fingerprint density at radius 2 is 2.00 bits per heavy atom. The Hall–Kier alpha value is -0.0400. The summed E-state index contributed by atoms with van der Waals surface area (Å²) in [5.41, 5.74) is 0.382. The lowest BCUT2D eigenvalue weighted by Crippen LogP contribution is -2.51. The Kier molecular flexibility index (Phi) is 2.58. The lowest BCUT2D eigenvalue weighted by Gasteiger charge is -2.39. The minimum atomic E-state index is 0.382. The van der Waals surface area contributed by atoms with E-state index < -0.39 is 0 Å². The molecule has 0 radical (unpaired) electrons. The van der Waals surface area contributed by atoms with Crippen molar-refractivity contribution in [3.05, 3.63) is 0 Å². The van der Waals surface area contributed by atoms with E-state index in [1.54, 1.807) is 0 Å². The summed E-state index contributed by atoms with van der Waals surface area (Å²) in [6, 6.07) is 0.749. The van der Waals surface area contributed by atoms with E-state index >= 15 is 0 Å². The molecule has 1 saturated heterocycles. The molecule has 1 nitrogen and oxygen atoms in total. The van der Waals surface area contributed by atoms with E-state index in [9.17, 15) is 0 Å². The first-order chi connectivity index (χ1) is 5.01. The van der Waals surface area contributed by atoms with Gasteiger partial charge in [-0.2, -0.15) is 0 Å². The Morgan fingerprint density at radius 1 is 1.36 bits per heavy atom. The molecule has 0 unspecified atom stereocenters. The van der Waals surface area contributed by atoms with Crippen molar-refractivity contribution < 1.29 is 0 Å². The van der Waals surface area contributed by atoms with Crippen molar-refractivity contribution in [2.24, 2.45) is 5.92 Å². The van der Waals surface area contributed by atoms with Gasteiger partial charge in [-0.1, -0.05) is 20.3 Å².